The van der Waals surface area contributed by atoms with Crippen LogP contribution in [0.2, 0.25) is 0 Å². The molecule has 2 rings (SSSR count). The lowest BCUT2D eigenvalue weighted by atomic mass is 9.99. The van der Waals surface area contributed by atoms with Gasteiger partial charge in [0.25, 0.3) is 5.91 Å². The van der Waals surface area contributed by atoms with Crippen LogP contribution < -0.4 is 15.4 Å². The van der Waals surface area contributed by atoms with E-state index in [1.165, 1.54) is 0 Å². The van der Waals surface area contributed by atoms with Crippen molar-refractivity contribution in [3.63, 3.8) is 0 Å². The molecule has 1 aromatic rings. The van der Waals surface area contributed by atoms with Crippen LogP contribution in [0.1, 0.15) is 45.2 Å². The minimum atomic E-state index is -0.858. The van der Waals surface area contributed by atoms with Crippen molar-refractivity contribution >= 4 is 11.6 Å². The van der Waals surface area contributed by atoms with Crippen molar-refractivity contribution in [2.24, 2.45) is 5.73 Å². The molecule has 1 unspecified atom stereocenters. The highest BCUT2D eigenvalue weighted by atomic mass is 16.5. The number of hydrogen-bond acceptors (Lipinski definition) is 3. The molecule has 1 atom stereocenters. The maximum Gasteiger partial charge on any atom is 0.270 e. The molecule has 1 aliphatic rings. The molecular weight excluding hydrogens is 264 g/mol. The smallest absolute Gasteiger partial charge is 0.270 e. The van der Waals surface area contributed by atoms with Gasteiger partial charge in [-0.2, -0.15) is 0 Å². The van der Waals surface area contributed by atoms with Crippen LogP contribution >= 0.6 is 0 Å². The minimum absolute atomic E-state index is 0.0177. The highest BCUT2D eigenvalue weighted by molar-refractivity contribution is 6.02. The Hall–Kier alpha value is -1.81. The Kier molecular flexibility index (Phi) is 4.37. The highest BCUT2D eigenvalue weighted by Gasteiger charge is 2.40. The van der Waals surface area contributed by atoms with Crippen LogP contribution in [0.4, 0.5) is 5.69 Å². The summed E-state index contributed by atoms with van der Waals surface area (Å²) in [6.45, 7) is 9.88. The molecule has 0 bridgehead atoms. The van der Waals surface area contributed by atoms with Gasteiger partial charge in [0, 0.05) is 12.6 Å². The van der Waals surface area contributed by atoms with E-state index in [0.29, 0.717) is 12.3 Å². The molecule has 0 fully saturated rings. The third kappa shape index (κ3) is 2.95. The lowest BCUT2D eigenvalue weighted by Crippen LogP contribution is -2.52. The number of carbonyl (C=O) groups excluding carboxylic acids is 1. The molecule has 0 aliphatic carbocycles. The second kappa shape index (κ2) is 5.90. The number of hydrogen-bond donors (Lipinski definition) is 1. The van der Waals surface area contributed by atoms with Crippen molar-refractivity contribution in [2.75, 3.05) is 11.4 Å². The van der Waals surface area contributed by atoms with Crippen LogP contribution in [0.5, 0.6) is 5.75 Å². The summed E-state index contributed by atoms with van der Waals surface area (Å²) < 4.78 is 5.84. The van der Waals surface area contributed by atoms with E-state index in [-0.39, 0.29) is 11.9 Å². The Morgan fingerprint density at radius 3 is 2.81 bits per heavy atom. The molecular formula is C17H24N2O2. The summed E-state index contributed by atoms with van der Waals surface area (Å²) in [6.07, 6.45) is 3.67. The van der Waals surface area contributed by atoms with Gasteiger partial charge in [-0.25, -0.2) is 0 Å². The van der Waals surface area contributed by atoms with Crippen molar-refractivity contribution in [1.29, 1.82) is 0 Å². The molecule has 114 valence electrons. The quantitative estimate of drug-likeness (QED) is 0.847. The molecule has 4 nitrogen and oxygen atoms in total. The van der Waals surface area contributed by atoms with E-state index in [4.69, 9.17) is 10.5 Å². The second-order valence-electron chi connectivity index (χ2n) is 5.94. The van der Waals surface area contributed by atoms with Crippen LogP contribution in [0, 0.1) is 0 Å². The largest absolute Gasteiger partial charge is 0.476 e. The number of fused-ring (bicyclic) bond motifs is 1. The molecule has 1 aromatic carbocycles. The van der Waals surface area contributed by atoms with Gasteiger partial charge in [-0.05, 0) is 38.0 Å². The van der Waals surface area contributed by atoms with E-state index in [0.717, 1.165) is 24.1 Å². The molecule has 0 saturated carbocycles. The maximum atomic E-state index is 12.5. The Morgan fingerprint density at radius 2 is 2.19 bits per heavy atom. The number of nitrogens with two attached hydrogens (primary N) is 1. The predicted molar refractivity (Wildman–Crippen MR) is 85.5 cm³/mol. The van der Waals surface area contributed by atoms with Gasteiger partial charge in [-0.15, -0.1) is 6.58 Å². The van der Waals surface area contributed by atoms with Crippen LogP contribution in [0.3, 0.4) is 0 Å². The average molecular weight is 288 g/mol. The topological polar surface area (TPSA) is 55.6 Å². The zero-order valence-corrected chi connectivity index (χ0v) is 13.1. The molecule has 21 heavy (non-hydrogen) atoms. The standard InChI is InChI=1S/C17H24N2O2/c1-5-7-13(18)12-8-9-15-14(11-12)19(10-6-2)16(20)17(3,4)21-15/h6,8-9,11,13H,2,5,7,10,18H2,1,3-4H3. The summed E-state index contributed by atoms with van der Waals surface area (Å²) in [6, 6.07) is 5.84. The molecule has 0 spiro atoms. The summed E-state index contributed by atoms with van der Waals surface area (Å²) in [4.78, 5) is 14.2. The molecule has 0 saturated heterocycles. The van der Waals surface area contributed by atoms with E-state index in [1.54, 1.807) is 24.8 Å². The minimum Gasteiger partial charge on any atom is -0.476 e. The molecule has 1 amide bonds. The van der Waals surface area contributed by atoms with Gasteiger partial charge in [-0.3, -0.25) is 4.79 Å². The van der Waals surface area contributed by atoms with Crippen molar-refractivity contribution in [1.82, 2.24) is 0 Å². The Morgan fingerprint density at radius 1 is 1.48 bits per heavy atom. The predicted octanol–water partition coefficient (Wildman–Crippen LogP) is 3.18. The van der Waals surface area contributed by atoms with E-state index in [1.807, 2.05) is 18.2 Å². The maximum absolute atomic E-state index is 12.5. The lowest BCUT2D eigenvalue weighted by molar-refractivity contribution is -0.132. The van der Waals surface area contributed by atoms with Crippen molar-refractivity contribution in [3.05, 3.63) is 36.4 Å². The first-order chi connectivity index (χ1) is 9.90. The molecule has 0 radical (unpaired) electrons. The lowest BCUT2D eigenvalue weighted by Gasteiger charge is -2.38. The number of ether oxygens (including phenoxy) is 1. The zero-order chi connectivity index (χ0) is 15.6. The number of benzene rings is 1. The van der Waals surface area contributed by atoms with E-state index >= 15 is 0 Å². The van der Waals surface area contributed by atoms with Gasteiger partial charge in [0.1, 0.15) is 5.75 Å². The third-order valence-corrected chi connectivity index (χ3v) is 3.74. The van der Waals surface area contributed by atoms with Crippen molar-refractivity contribution in [3.8, 4) is 5.75 Å². The van der Waals surface area contributed by atoms with E-state index in [9.17, 15) is 4.79 Å². The fraction of sp³-hybridized carbons (Fsp3) is 0.471. The number of nitrogens with zero attached hydrogens (tertiary/aromatic N) is 1. The number of amides is 1. The van der Waals surface area contributed by atoms with Gasteiger partial charge >= 0.3 is 0 Å². The first-order valence-electron chi connectivity index (χ1n) is 7.42. The third-order valence-electron chi connectivity index (χ3n) is 3.74. The Labute approximate surface area is 126 Å². The fourth-order valence-corrected chi connectivity index (χ4v) is 2.60. The fourth-order valence-electron chi connectivity index (χ4n) is 2.60. The Bertz CT molecular complexity index is 552. The molecule has 0 aromatic heterocycles. The number of carbonyl (C=O) groups is 1. The van der Waals surface area contributed by atoms with E-state index in [2.05, 4.69) is 13.5 Å². The van der Waals surface area contributed by atoms with Crippen LogP contribution in [-0.2, 0) is 4.79 Å². The highest BCUT2D eigenvalue weighted by Crippen LogP contribution is 2.39. The van der Waals surface area contributed by atoms with Gasteiger partial charge in [0.15, 0.2) is 5.60 Å². The summed E-state index contributed by atoms with van der Waals surface area (Å²) in [5, 5.41) is 0. The molecule has 2 N–H and O–H groups in total. The van der Waals surface area contributed by atoms with Gasteiger partial charge in [0.05, 0.1) is 5.69 Å². The summed E-state index contributed by atoms with van der Waals surface area (Å²) >= 11 is 0. The number of rotatable bonds is 5. The summed E-state index contributed by atoms with van der Waals surface area (Å²) in [5.41, 5.74) is 7.13. The SMILES string of the molecule is C=CCN1C(=O)C(C)(C)Oc2ccc(C(N)CCC)cc21. The first kappa shape index (κ1) is 15.6. The van der Waals surface area contributed by atoms with Crippen molar-refractivity contribution in [2.45, 2.75) is 45.3 Å². The molecule has 1 aliphatic heterocycles. The van der Waals surface area contributed by atoms with Crippen molar-refractivity contribution < 1.29 is 9.53 Å². The second-order valence-corrected chi connectivity index (χ2v) is 5.94. The Balaban J connectivity index is 2.45. The van der Waals surface area contributed by atoms with Crippen LogP contribution in [0.25, 0.3) is 0 Å². The summed E-state index contributed by atoms with van der Waals surface area (Å²) in [5.74, 6) is 0.657. The average Bonchev–Trinajstić information content (AvgIpc) is 2.43. The molecule has 4 heteroatoms. The van der Waals surface area contributed by atoms with Gasteiger partial charge in [-0.1, -0.05) is 25.5 Å². The normalized spacial score (nSPS) is 17.9. The van der Waals surface area contributed by atoms with E-state index < -0.39 is 5.60 Å². The first-order valence-corrected chi connectivity index (χ1v) is 7.42. The zero-order valence-electron chi connectivity index (χ0n) is 13.1. The van der Waals surface area contributed by atoms with Crippen LogP contribution in [-0.4, -0.2) is 18.1 Å². The van der Waals surface area contributed by atoms with Crippen LogP contribution in [0.15, 0.2) is 30.9 Å². The monoisotopic (exact) mass is 288 g/mol. The molecule has 1 heterocycles. The number of anilines is 1. The summed E-state index contributed by atoms with van der Waals surface area (Å²) in [7, 11) is 0. The van der Waals surface area contributed by atoms with Gasteiger partial charge < -0.3 is 15.4 Å². The van der Waals surface area contributed by atoms with Gasteiger partial charge in [0.2, 0.25) is 0 Å².